The molecule has 0 aromatic heterocycles. The molecule has 0 fully saturated rings. The number of nitrogens with one attached hydrogen (secondary N) is 3. The monoisotopic (exact) mass is 417 g/mol. The molecule has 0 saturated carbocycles. The summed E-state index contributed by atoms with van der Waals surface area (Å²) in [7, 11) is 0. The zero-order valence-corrected chi connectivity index (χ0v) is 17.8. The highest BCUT2D eigenvalue weighted by molar-refractivity contribution is 6.35. The van der Waals surface area contributed by atoms with E-state index in [1.807, 2.05) is 56.3 Å². The highest BCUT2D eigenvalue weighted by Gasteiger charge is 2.18. The van der Waals surface area contributed by atoms with Gasteiger partial charge in [-0.3, -0.25) is 14.4 Å². The van der Waals surface area contributed by atoms with Crippen LogP contribution in [0.25, 0.3) is 10.8 Å². The summed E-state index contributed by atoms with van der Waals surface area (Å²) in [6.07, 6.45) is 0.747. The van der Waals surface area contributed by atoms with Crippen molar-refractivity contribution >= 4 is 28.5 Å². The van der Waals surface area contributed by atoms with E-state index in [-0.39, 0.29) is 18.5 Å². The first-order valence-electron chi connectivity index (χ1n) is 10.4. The van der Waals surface area contributed by atoms with Gasteiger partial charge in [0.1, 0.15) is 0 Å². The zero-order chi connectivity index (χ0) is 22.2. The molecular formula is C25H27N3O3. The first-order chi connectivity index (χ1) is 15.0. The fourth-order valence-electron chi connectivity index (χ4n) is 3.45. The number of benzene rings is 3. The first-order valence-corrected chi connectivity index (χ1v) is 10.4. The van der Waals surface area contributed by atoms with Crippen molar-refractivity contribution in [1.82, 2.24) is 16.0 Å². The third-order valence-electron chi connectivity index (χ3n) is 5.08. The minimum absolute atomic E-state index is 0.0879. The van der Waals surface area contributed by atoms with Gasteiger partial charge in [0, 0.05) is 18.7 Å². The van der Waals surface area contributed by atoms with E-state index >= 15 is 0 Å². The molecule has 0 aliphatic carbocycles. The van der Waals surface area contributed by atoms with Crippen LogP contribution in [0.5, 0.6) is 0 Å². The van der Waals surface area contributed by atoms with Gasteiger partial charge in [-0.05, 0) is 41.3 Å². The SMILES string of the molecule is CCCNC(=O)C(=O)NCc1ccccc1C(=O)NC(C)c1cccc2ccccc12. The largest absolute Gasteiger partial charge is 0.348 e. The predicted octanol–water partition coefficient (Wildman–Crippen LogP) is 3.47. The van der Waals surface area contributed by atoms with Gasteiger partial charge in [0.25, 0.3) is 5.91 Å². The maximum atomic E-state index is 13.0. The maximum Gasteiger partial charge on any atom is 0.309 e. The van der Waals surface area contributed by atoms with Gasteiger partial charge in [-0.15, -0.1) is 0 Å². The highest BCUT2D eigenvalue weighted by atomic mass is 16.2. The molecule has 6 heteroatoms. The summed E-state index contributed by atoms with van der Waals surface area (Å²) in [5.41, 5.74) is 2.13. The summed E-state index contributed by atoms with van der Waals surface area (Å²) in [5, 5.41) is 10.4. The molecule has 0 radical (unpaired) electrons. The Kier molecular flexibility index (Phi) is 7.38. The van der Waals surface area contributed by atoms with Crippen molar-refractivity contribution in [3.05, 3.63) is 83.4 Å². The van der Waals surface area contributed by atoms with E-state index in [4.69, 9.17) is 0 Å². The smallest absolute Gasteiger partial charge is 0.309 e. The van der Waals surface area contributed by atoms with Gasteiger partial charge >= 0.3 is 11.8 Å². The van der Waals surface area contributed by atoms with Crippen LogP contribution < -0.4 is 16.0 Å². The van der Waals surface area contributed by atoms with Gasteiger partial charge in [0.2, 0.25) is 0 Å². The van der Waals surface area contributed by atoms with E-state index < -0.39 is 11.8 Å². The van der Waals surface area contributed by atoms with Crippen LogP contribution >= 0.6 is 0 Å². The maximum absolute atomic E-state index is 13.0. The minimum Gasteiger partial charge on any atom is -0.348 e. The number of fused-ring (bicyclic) bond motifs is 1. The molecule has 3 aromatic carbocycles. The Morgan fingerprint density at radius 3 is 2.32 bits per heavy atom. The summed E-state index contributed by atoms with van der Waals surface area (Å²) in [6.45, 7) is 4.39. The lowest BCUT2D eigenvalue weighted by Gasteiger charge is -2.18. The summed E-state index contributed by atoms with van der Waals surface area (Å²) >= 11 is 0. The minimum atomic E-state index is -0.715. The normalized spacial score (nSPS) is 11.5. The van der Waals surface area contributed by atoms with Crippen molar-refractivity contribution in [2.45, 2.75) is 32.9 Å². The molecule has 0 saturated heterocycles. The number of hydrogen-bond acceptors (Lipinski definition) is 3. The lowest BCUT2D eigenvalue weighted by Crippen LogP contribution is -2.40. The Balaban J connectivity index is 1.71. The van der Waals surface area contributed by atoms with Crippen LogP contribution in [0.4, 0.5) is 0 Å². The Hall–Kier alpha value is -3.67. The van der Waals surface area contributed by atoms with Crippen molar-refractivity contribution in [3.63, 3.8) is 0 Å². The van der Waals surface area contributed by atoms with Crippen molar-refractivity contribution < 1.29 is 14.4 Å². The molecule has 3 N–H and O–H groups in total. The first kappa shape index (κ1) is 22.0. The van der Waals surface area contributed by atoms with Gasteiger partial charge in [-0.25, -0.2) is 0 Å². The molecule has 0 bridgehead atoms. The number of carbonyl (C=O) groups is 3. The van der Waals surface area contributed by atoms with Gasteiger partial charge in [-0.2, -0.15) is 0 Å². The molecule has 31 heavy (non-hydrogen) atoms. The third kappa shape index (κ3) is 5.48. The van der Waals surface area contributed by atoms with Crippen molar-refractivity contribution in [2.24, 2.45) is 0 Å². The van der Waals surface area contributed by atoms with Crippen molar-refractivity contribution in [2.75, 3.05) is 6.54 Å². The Bertz CT molecular complexity index is 1090. The van der Waals surface area contributed by atoms with E-state index in [0.717, 1.165) is 22.8 Å². The van der Waals surface area contributed by atoms with Crippen molar-refractivity contribution in [1.29, 1.82) is 0 Å². The summed E-state index contributed by atoms with van der Waals surface area (Å²) in [4.78, 5) is 36.7. The summed E-state index contributed by atoms with van der Waals surface area (Å²) in [6, 6.07) is 20.9. The van der Waals surface area contributed by atoms with Crippen LogP contribution in [-0.4, -0.2) is 24.3 Å². The lowest BCUT2D eigenvalue weighted by atomic mass is 9.99. The van der Waals surface area contributed by atoms with Crippen LogP contribution in [-0.2, 0) is 16.1 Å². The molecular weight excluding hydrogens is 390 g/mol. The van der Waals surface area contributed by atoms with Gasteiger partial charge in [0.15, 0.2) is 0 Å². The quantitative estimate of drug-likeness (QED) is 0.515. The molecule has 3 amide bonds. The van der Waals surface area contributed by atoms with Crippen LogP contribution in [0.3, 0.4) is 0 Å². The Morgan fingerprint density at radius 2 is 1.52 bits per heavy atom. The molecule has 3 rings (SSSR count). The van der Waals surface area contributed by atoms with Gasteiger partial charge in [-0.1, -0.05) is 67.6 Å². The second-order valence-corrected chi connectivity index (χ2v) is 7.36. The molecule has 0 heterocycles. The van der Waals surface area contributed by atoms with E-state index in [2.05, 4.69) is 16.0 Å². The topological polar surface area (TPSA) is 87.3 Å². The average Bonchev–Trinajstić information content (AvgIpc) is 2.80. The lowest BCUT2D eigenvalue weighted by molar-refractivity contribution is -0.139. The van der Waals surface area contributed by atoms with Crippen LogP contribution in [0.15, 0.2) is 66.7 Å². The summed E-state index contributed by atoms with van der Waals surface area (Å²) in [5.74, 6) is -1.62. The number of hydrogen-bond donors (Lipinski definition) is 3. The molecule has 3 aromatic rings. The van der Waals surface area contributed by atoms with Crippen LogP contribution in [0.1, 0.15) is 47.8 Å². The molecule has 0 aliphatic rings. The number of carbonyl (C=O) groups excluding carboxylic acids is 3. The fourth-order valence-corrected chi connectivity index (χ4v) is 3.45. The Morgan fingerprint density at radius 1 is 0.839 bits per heavy atom. The van der Waals surface area contributed by atoms with E-state index in [9.17, 15) is 14.4 Å². The predicted molar refractivity (Wildman–Crippen MR) is 121 cm³/mol. The van der Waals surface area contributed by atoms with E-state index in [1.54, 1.807) is 24.3 Å². The molecule has 6 nitrogen and oxygen atoms in total. The second kappa shape index (κ2) is 10.4. The van der Waals surface area contributed by atoms with Crippen LogP contribution in [0, 0.1) is 0 Å². The van der Waals surface area contributed by atoms with Crippen molar-refractivity contribution in [3.8, 4) is 0 Å². The standard InChI is InChI=1S/C25H27N3O3/c1-3-15-26-24(30)25(31)27-16-19-10-5-7-13-22(19)23(29)28-17(2)20-14-8-11-18-9-4-6-12-21(18)20/h4-14,17H,3,15-16H2,1-2H3,(H,26,30)(H,27,31)(H,28,29). The number of amides is 3. The second-order valence-electron chi connectivity index (χ2n) is 7.36. The van der Waals surface area contributed by atoms with Crippen LogP contribution in [0.2, 0.25) is 0 Å². The summed E-state index contributed by atoms with van der Waals surface area (Å²) < 4.78 is 0. The molecule has 1 unspecified atom stereocenters. The number of rotatable bonds is 7. The molecule has 0 spiro atoms. The fraction of sp³-hybridized carbons (Fsp3) is 0.240. The van der Waals surface area contributed by atoms with Gasteiger partial charge in [0.05, 0.1) is 6.04 Å². The van der Waals surface area contributed by atoms with E-state index in [1.165, 1.54) is 0 Å². The van der Waals surface area contributed by atoms with Gasteiger partial charge < -0.3 is 16.0 Å². The zero-order valence-electron chi connectivity index (χ0n) is 17.8. The third-order valence-corrected chi connectivity index (χ3v) is 5.08. The average molecular weight is 418 g/mol. The molecule has 1 atom stereocenters. The molecule has 160 valence electrons. The van der Waals surface area contributed by atoms with E-state index in [0.29, 0.717) is 17.7 Å². The molecule has 0 aliphatic heterocycles. The highest BCUT2D eigenvalue weighted by Crippen LogP contribution is 2.24. The Labute approximate surface area is 182 Å².